The summed E-state index contributed by atoms with van der Waals surface area (Å²) < 4.78 is 6.55. The molecule has 2 heteroatoms. The standard InChI is InChI=1S/C22H26O2/c1-13-9-14(2)20-11-17(6-8-18(13)20)24-22(4)12-15(3)19-7-5-16(23)10-21(19)22/h5-8,10-11,13-15,18H,9,12H2,1-4H3/p+2. The molecule has 1 fully saturated rings. The molecule has 3 aliphatic rings. The van der Waals surface area contributed by atoms with Crippen molar-refractivity contribution in [2.75, 3.05) is 0 Å². The monoisotopic (exact) mass is 324 g/mol. The zero-order chi connectivity index (χ0) is 17.1. The van der Waals surface area contributed by atoms with Gasteiger partial charge in [-0.3, -0.25) is 0 Å². The molecule has 24 heavy (non-hydrogen) atoms. The lowest BCUT2D eigenvalue weighted by atomic mass is 9.89. The summed E-state index contributed by atoms with van der Waals surface area (Å²) in [5.74, 6) is 4.01. The molecule has 0 spiro atoms. The molecule has 0 bridgehead atoms. The van der Waals surface area contributed by atoms with Crippen molar-refractivity contribution in [1.82, 2.24) is 0 Å². The lowest BCUT2D eigenvalue weighted by Crippen LogP contribution is -2.23. The van der Waals surface area contributed by atoms with Gasteiger partial charge in [-0.1, -0.05) is 32.4 Å². The van der Waals surface area contributed by atoms with E-state index in [-0.39, 0.29) is 5.60 Å². The molecule has 1 aromatic rings. The fourth-order valence-electron chi connectivity index (χ4n) is 5.12. The Labute approximate surface area is 144 Å². The van der Waals surface area contributed by atoms with Crippen LogP contribution in [0.25, 0.3) is 0 Å². The molecule has 0 aromatic heterocycles. The average molecular weight is 324 g/mol. The fraction of sp³-hybridized carbons (Fsp3) is 0.500. The van der Waals surface area contributed by atoms with Crippen LogP contribution < -0.4 is 0 Å². The first-order valence-electron chi connectivity index (χ1n) is 9.19. The first kappa shape index (κ1) is 15.7. The topological polar surface area (TPSA) is 34.2 Å². The zero-order valence-electron chi connectivity index (χ0n) is 15.1. The second kappa shape index (κ2) is 5.34. The molecule has 0 radical (unpaired) electrons. The number of carbonyl (C=O) groups excluding carboxylic acids is 1. The Morgan fingerprint density at radius 1 is 1.17 bits per heavy atom. The predicted octanol–water partition coefficient (Wildman–Crippen LogP) is 4.74. The highest BCUT2D eigenvalue weighted by atomic mass is 16.4. The van der Waals surface area contributed by atoms with Gasteiger partial charge in [0.2, 0.25) is 0 Å². The largest absolute Gasteiger partial charge is 0.593 e. The Morgan fingerprint density at radius 3 is 2.75 bits per heavy atom. The lowest BCUT2D eigenvalue weighted by Gasteiger charge is -2.16. The molecule has 4 rings (SSSR count). The highest BCUT2D eigenvalue weighted by Crippen LogP contribution is 2.47. The molecule has 5 atom stereocenters. The maximum absolute atomic E-state index is 7.98. The van der Waals surface area contributed by atoms with Gasteiger partial charge in [-0.25, -0.2) is 4.42 Å². The van der Waals surface area contributed by atoms with Crippen LogP contribution in [0.2, 0.25) is 0 Å². The van der Waals surface area contributed by atoms with E-state index in [9.17, 15) is 0 Å². The van der Waals surface area contributed by atoms with Gasteiger partial charge in [0.15, 0.2) is 0 Å². The molecule has 0 amide bonds. The van der Waals surface area contributed by atoms with Crippen LogP contribution in [0.5, 0.6) is 5.75 Å². The summed E-state index contributed by atoms with van der Waals surface area (Å²) in [7, 11) is 0. The first-order chi connectivity index (χ1) is 11.4. The Kier molecular flexibility index (Phi) is 3.49. The van der Waals surface area contributed by atoms with Crippen molar-refractivity contribution in [1.29, 1.82) is 0 Å². The quantitative estimate of drug-likeness (QED) is 0.669. The van der Waals surface area contributed by atoms with Gasteiger partial charge in [-0.05, 0) is 35.8 Å². The first-order valence-corrected chi connectivity index (χ1v) is 9.19. The van der Waals surface area contributed by atoms with Crippen molar-refractivity contribution < 1.29 is 9.53 Å². The summed E-state index contributed by atoms with van der Waals surface area (Å²) in [5, 5.41) is 7.98. The molecular weight excluding hydrogens is 296 g/mol. The third kappa shape index (κ3) is 2.35. The minimum Gasteiger partial charge on any atom is -0.593 e. The maximum Gasteiger partial charge on any atom is 0.344 e. The molecule has 0 aliphatic heterocycles. The summed E-state index contributed by atoms with van der Waals surface area (Å²) in [4.78, 5) is 0. The zero-order valence-corrected chi connectivity index (χ0v) is 15.1. The third-order valence-electron chi connectivity index (χ3n) is 6.26. The minimum atomic E-state index is -0.331. The van der Waals surface area contributed by atoms with Gasteiger partial charge in [0, 0.05) is 37.1 Å². The van der Waals surface area contributed by atoms with Crippen LogP contribution in [0, 0.1) is 17.8 Å². The Balaban J connectivity index is 1.74. The molecule has 0 saturated heterocycles. The Hall–Kier alpha value is -1.83. The van der Waals surface area contributed by atoms with Crippen LogP contribution in [-0.4, -0.2) is 10.9 Å². The van der Waals surface area contributed by atoms with E-state index in [0.29, 0.717) is 23.5 Å². The predicted molar refractivity (Wildman–Crippen MR) is 98.6 cm³/mol. The molecule has 1 saturated carbocycles. The molecule has 126 valence electrons. The van der Waals surface area contributed by atoms with Crippen molar-refractivity contribution in [2.24, 2.45) is 17.8 Å². The van der Waals surface area contributed by atoms with E-state index in [1.54, 1.807) is 0 Å². The summed E-state index contributed by atoms with van der Waals surface area (Å²) in [6, 6.07) is 5.98. The average Bonchev–Trinajstić information content (AvgIpc) is 2.94. The second-order valence-electron chi connectivity index (χ2n) is 8.29. The number of benzene rings is 1. The molecule has 5 unspecified atom stereocenters. The molecular formula is C22H28O2+2. The van der Waals surface area contributed by atoms with Crippen molar-refractivity contribution in [3.05, 3.63) is 53.1 Å². The number of ketones is 1. The van der Waals surface area contributed by atoms with Crippen LogP contribution in [-0.2, 0) is 10.0 Å². The van der Waals surface area contributed by atoms with Gasteiger partial charge < -0.3 is 5.11 Å². The summed E-state index contributed by atoms with van der Waals surface area (Å²) >= 11 is 0. The molecule has 1 aromatic carbocycles. The lowest BCUT2D eigenvalue weighted by molar-refractivity contribution is -0.557. The van der Waals surface area contributed by atoms with Gasteiger partial charge in [0.25, 0.3) is 5.75 Å². The van der Waals surface area contributed by atoms with Crippen LogP contribution in [0.1, 0.15) is 57.6 Å². The number of fused-ring (bicyclic) bond motifs is 2. The summed E-state index contributed by atoms with van der Waals surface area (Å²) in [6.07, 6.45) is 9.04. The minimum absolute atomic E-state index is 0.331. The van der Waals surface area contributed by atoms with Gasteiger partial charge in [-0.15, -0.1) is 0 Å². The number of rotatable bonds is 1. The van der Waals surface area contributed by atoms with Gasteiger partial charge in [-0.2, -0.15) is 0 Å². The van der Waals surface area contributed by atoms with E-state index in [1.165, 1.54) is 23.1 Å². The molecule has 2 nitrogen and oxygen atoms in total. The van der Waals surface area contributed by atoms with Gasteiger partial charge in [0.05, 0.1) is 12.0 Å². The van der Waals surface area contributed by atoms with Crippen LogP contribution in [0.15, 0.2) is 42.0 Å². The van der Waals surface area contributed by atoms with E-state index in [0.717, 1.165) is 18.1 Å². The van der Waals surface area contributed by atoms with Crippen molar-refractivity contribution >= 4 is 5.78 Å². The van der Waals surface area contributed by atoms with Crippen LogP contribution in [0.3, 0.4) is 0 Å². The van der Waals surface area contributed by atoms with E-state index in [2.05, 4.69) is 52.0 Å². The van der Waals surface area contributed by atoms with Gasteiger partial charge in [0.1, 0.15) is 0 Å². The summed E-state index contributed by atoms with van der Waals surface area (Å²) in [5.41, 5.74) is 3.73. The maximum atomic E-state index is 7.98. The Bertz CT molecular complexity index is 770. The smallest absolute Gasteiger partial charge is 0.344 e. The number of hydrogen-bond acceptors (Lipinski definition) is 0. The molecule has 3 aliphatic carbocycles. The highest BCUT2D eigenvalue weighted by Gasteiger charge is 2.49. The third-order valence-corrected chi connectivity index (χ3v) is 6.26. The normalized spacial score (nSPS) is 39.0. The number of hydrogen-bond donors (Lipinski definition) is 0. The second-order valence-corrected chi connectivity index (χ2v) is 8.29. The van der Waals surface area contributed by atoms with E-state index < -0.39 is 0 Å². The van der Waals surface area contributed by atoms with Crippen molar-refractivity contribution in [3.8, 4) is 5.75 Å². The van der Waals surface area contributed by atoms with E-state index in [1.807, 2.05) is 12.1 Å². The molecule has 0 heterocycles. The highest BCUT2D eigenvalue weighted by molar-refractivity contribution is 6.01. The van der Waals surface area contributed by atoms with Crippen molar-refractivity contribution in [2.45, 2.75) is 52.1 Å². The fourth-order valence-corrected chi connectivity index (χ4v) is 5.12. The van der Waals surface area contributed by atoms with E-state index in [4.69, 9.17) is 9.53 Å². The van der Waals surface area contributed by atoms with Crippen LogP contribution in [0.4, 0.5) is 0 Å². The number of allylic oxidation sites excluding steroid dienone is 4. The van der Waals surface area contributed by atoms with Crippen molar-refractivity contribution in [3.63, 3.8) is 0 Å². The van der Waals surface area contributed by atoms with Crippen LogP contribution >= 0.6 is 0 Å². The summed E-state index contributed by atoms with van der Waals surface area (Å²) in [6.45, 7) is 9.12. The Morgan fingerprint density at radius 2 is 1.96 bits per heavy atom. The SMILES string of the molecule is CC1CC(C)C2C=CC(=[O+]C3(C)CC(C)c4ccc([OH2+])cc43)C=C12. The van der Waals surface area contributed by atoms with E-state index >= 15 is 0 Å². The molecule has 2 N–H and O–H groups in total. The van der Waals surface area contributed by atoms with Gasteiger partial charge >= 0.3 is 11.4 Å².